The summed E-state index contributed by atoms with van der Waals surface area (Å²) in [7, 11) is 0. The number of aromatic nitrogens is 3. The van der Waals surface area contributed by atoms with Gasteiger partial charge in [0.2, 0.25) is 0 Å². The van der Waals surface area contributed by atoms with Crippen LogP contribution in [0.5, 0.6) is 0 Å². The van der Waals surface area contributed by atoms with E-state index in [4.69, 9.17) is 0 Å². The lowest BCUT2D eigenvalue weighted by atomic mass is 10.1. The predicted molar refractivity (Wildman–Crippen MR) is 91.8 cm³/mol. The number of hydrogen-bond donors (Lipinski definition) is 0. The maximum atomic E-state index is 13.0. The Morgan fingerprint density at radius 3 is 2.92 bits per heavy atom. The zero-order valence-corrected chi connectivity index (χ0v) is 13.5. The summed E-state index contributed by atoms with van der Waals surface area (Å²) in [6.45, 7) is 3.36. The van der Waals surface area contributed by atoms with Gasteiger partial charge in [0.1, 0.15) is 5.82 Å². The van der Waals surface area contributed by atoms with Crippen LogP contribution in [-0.2, 0) is 0 Å². The molecule has 2 aromatic heterocycles. The van der Waals surface area contributed by atoms with Crippen LogP contribution >= 0.6 is 0 Å². The largest absolute Gasteiger partial charge is 0.338 e. The summed E-state index contributed by atoms with van der Waals surface area (Å²) in [6.07, 6.45) is 4.44. The van der Waals surface area contributed by atoms with Crippen LogP contribution in [0.3, 0.4) is 0 Å². The van der Waals surface area contributed by atoms with E-state index in [-0.39, 0.29) is 11.8 Å². The minimum absolute atomic E-state index is 0.0590. The van der Waals surface area contributed by atoms with Gasteiger partial charge in [-0.05, 0) is 37.6 Å². The van der Waals surface area contributed by atoms with Crippen molar-refractivity contribution in [3.05, 3.63) is 65.9 Å². The zero-order valence-electron chi connectivity index (χ0n) is 13.5. The van der Waals surface area contributed by atoms with Crippen LogP contribution in [0.15, 0.2) is 48.8 Å². The highest BCUT2D eigenvalue weighted by molar-refractivity contribution is 6.06. The smallest absolute Gasteiger partial charge is 0.254 e. The van der Waals surface area contributed by atoms with Crippen LogP contribution in [0.4, 0.5) is 0 Å². The maximum Gasteiger partial charge on any atom is 0.254 e. The molecule has 1 unspecified atom stereocenters. The first-order chi connectivity index (χ1) is 11.7. The molecular formula is C19H18N4O. The van der Waals surface area contributed by atoms with Crippen LogP contribution in [0.25, 0.3) is 10.9 Å². The first-order valence-electron chi connectivity index (χ1n) is 8.15. The fourth-order valence-corrected chi connectivity index (χ4v) is 3.28. The van der Waals surface area contributed by atoms with Crippen molar-refractivity contribution in [3.8, 4) is 0 Å². The first-order valence-corrected chi connectivity index (χ1v) is 8.15. The van der Waals surface area contributed by atoms with Gasteiger partial charge in [-0.25, -0.2) is 9.97 Å². The molecule has 1 amide bonds. The molecule has 0 bridgehead atoms. The summed E-state index contributed by atoms with van der Waals surface area (Å²) in [5, 5.41) is 0.903. The monoisotopic (exact) mass is 318 g/mol. The Balaban J connectivity index is 1.59. The SMILES string of the molecule is Cc1ccnc(C2CCN(C(=O)c3cccc4ncccc34)C2)n1. The number of benzene rings is 1. The third-order valence-electron chi connectivity index (χ3n) is 4.53. The van der Waals surface area contributed by atoms with E-state index >= 15 is 0 Å². The average molecular weight is 318 g/mol. The molecule has 0 aliphatic carbocycles. The Labute approximate surface area is 140 Å². The molecule has 1 aromatic carbocycles. The molecule has 0 N–H and O–H groups in total. The highest BCUT2D eigenvalue weighted by atomic mass is 16.2. The predicted octanol–water partition coefficient (Wildman–Crippen LogP) is 2.96. The van der Waals surface area contributed by atoms with Crippen molar-refractivity contribution in [1.29, 1.82) is 0 Å². The number of aryl methyl sites for hydroxylation is 1. The van der Waals surface area contributed by atoms with Crippen LogP contribution in [-0.4, -0.2) is 38.8 Å². The molecule has 0 spiro atoms. The van der Waals surface area contributed by atoms with Crippen molar-refractivity contribution >= 4 is 16.8 Å². The molecule has 1 saturated heterocycles. The fraction of sp³-hybridized carbons (Fsp3) is 0.263. The number of likely N-dealkylation sites (tertiary alicyclic amines) is 1. The van der Waals surface area contributed by atoms with Gasteiger partial charge in [-0.1, -0.05) is 12.1 Å². The van der Waals surface area contributed by atoms with Crippen LogP contribution in [0.1, 0.15) is 34.2 Å². The molecule has 1 aliphatic rings. The molecule has 1 fully saturated rings. The van der Waals surface area contributed by atoms with Gasteiger partial charge in [0, 0.05) is 48.0 Å². The second kappa shape index (κ2) is 6.00. The Bertz CT molecular complexity index is 903. The third kappa shape index (κ3) is 2.62. The van der Waals surface area contributed by atoms with E-state index in [1.165, 1.54) is 0 Å². The number of fused-ring (bicyclic) bond motifs is 1. The number of hydrogen-bond acceptors (Lipinski definition) is 4. The van der Waals surface area contributed by atoms with Crippen LogP contribution < -0.4 is 0 Å². The van der Waals surface area contributed by atoms with Gasteiger partial charge in [0.15, 0.2) is 0 Å². The minimum atomic E-state index is 0.0590. The second-order valence-electron chi connectivity index (χ2n) is 6.17. The van der Waals surface area contributed by atoms with Crippen LogP contribution in [0, 0.1) is 6.92 Å². The number of amides is 1. The molecule has 5 heteroatoms. The van der Waals surface area contributed by atoms with E-state index in [9.17, 15) is 4.79 Å². The molecule has 24 heavy (non-hydrogen) atoms. The molecule has 0 radical (unpaired) electrons. The highest BCUT2D eigenvalue weighted by Gasteiger charge is 2.30. The molecule has 1 aliphatic heterocycles. The van der Waals surface area contributed by atoms with E-state index < -0.39 is 0 Å². The molecular weight excluding hydrogens is 300 g/mol. The van der Waals surface area contributed by atoms with Crippen molar-refractivity contribution in [2.45, 2.75) is 19.3 Å². The lowest BCUT2D eigenvalue weighted by Crippen LogP contribution is -2.28. The second-order valence-corrected chi connectivity index (χ2v) is 6.17. The summed E-state index contributed by atoms with van der Waals surface area (Å²) in [4.78, 5) is 28.1. The standard InChI is InChI=1S/C19H18N4O/c1-13-7-10-21-18(22-13)14-8-11-23(12-14)19(24)16-4-2-6-17-15(16)5-3-9-20-17/h2-7,9-10,14H,8,11-12H2,1H3. The highest BCUT2D eigenvalue weighted by Crippen LogP contribution is 2.27. The summed E-state index contributed by atoms with van der Waals surface area (Å²) in [5.41, 5.74) is 2.53. The summed E-state index contributed by atoms with van der Waals surface area (Å²) in [6, 6.07) is 11.4. The molecule has 3 aromatic rings. The van der Waals surface area contributed by atoms with Crippen molar-refractivity contribution in [2.24, 2.45) is 0 Å². The van der Waals surface area contributed by atoms with Crippen LogP contribution in [0.2, 0.25) is 0 Å². The number of nitrogens with zero attached hydrogens (tertiary/aromatic N) is 4. The van der Waals surface area contributed by atoms with Gasteiger partial charge in [-0.3, -0.25) is 9.78 Å². The van der Waals surface area contributed by atoms with E-state index in [2.05, 4.69) is 15.0 Å². The molecule has 3 heterocycles. The van der Waals surface area contributed by atoms with Gasteiger partial charge in [0.05, 0.1) is 5.52 Å². The summed E-state index contributed by atoms with van der Waals surface area (Å²) in [5.74, 6) is 1.11. The van der Waals surface area contributed by atoms with Gasteiger partial charge in [-0.2, -0.15) is 0 Å². The normalized spacial score (nSPS) is 17.4. The summed E-state index contributed by atoms with van der Waals surface area (Å²) < 4.78 is 0. The van der Waals surface area contributed by atoms with Gasteiger partial charge < -0.3 is 4.90 Å². The van der Waals surface area contributed by atoms with Crippen molar-refractivity contribution < 1.29 is 4.79 Å². The fourth-order valence-electron chi connectivity index (χ4n) is 3.28. The Morgan fingerprint density at radius 2 is 2.04 bits per heavy atom. The Kier molecular flexibility index (Phi) is 3.69. The van der Waals surface area contributed by atoms with Crippen molar-refractivity contribution in [3.63, 3.8) is 0 Å². The van der Waals surface area contributed by atoms with E-state index in [0.717, 1.165) is 35.4 Å². The summed E-state index contributed by atoms with van der Waals surface area (Å²) >= 11 is 0. The molecule has 0 saturated carbocycles. The quantitative estimate of drug-likeness (QED) is 0.729. The van der Waals surface area contributed by atoms with Gasteiger partial charge in [0.25, 0.3) is 5.91 Å². The van der Waals surface area contributed by atoms with Gasteiger partial charge in [-0.15, -0.1) is 0 Å². The minimum Gasteiger partial charge on any atom is -0.338 e. The Hall–Kier alpha value is -2.82. The van der Waals surface area contributed by atoms with E-state index in [1.807, 2.05) is 48.2 Å². The molecule has 4 rings (SSSR count). The average Bonchev–Trinajstić information content (AvgIpc) is 3.11. The lowest BCUT2D eigenvalue weighted by Gasteiger charge is -2.17. The maximum absolute atomic E-state index is 13.0. The van der Waals surface area contributed by atoms with Crippen molar-refractivity contribution in [1.82, 2.24) is 19.9 Å². The number of carbonyl (C=O) groups is 1. The van der Waals surface area contributed by atoms with E-state index in [0.29, 0.717) is 12.1 Å². The molecule has 1 atom stereocenters. The Morgan fingerprint density at radius 1 is 1.12 bits per heavy atom. The molecule has 5 nitrogen and oxygen atoms in total. The lowest BCUT2D eigenvalue weighted by molar-refractivity contribution is 0.0792. The van der Waals surface area contributed by atoms with E-state index in [1.54, 1.807) is 12.4 Å². The van der Waals surface area contributed by atoms with Gasteiger partial charge >= 0.3 is 0 Å². The van der Waals surface area contributed by atoms with Crippen molar-refractivity contribution in [2.75, 3.05) is 13.1 Å². The number of rotatable bonds is 2. The first kappa shape index (κ1) is 14.8. The molecule has 120 valence electrons. The number of pyridine rings is 1. The topological polar surface area (TPSA) is 59.0 Å². The zero-order chi connectivity index (χ0) is 16.5. The number of carbonyl (C=O) groups excluding carboxylic acids is 1. The third-order valence-corrected chi connectivity index (χ3v) is 4.53.